The van der Waals surface area contributed by atoms with Gasteiger partial charge in [0.1, 0.15) is 5.02 Å². The van der Waals surface area contributed by atoms with Gasteiger partial charge in [-0.1, -0.05) is 35.9 Å². The Morgan fingerprint density at radius 1 is 1.24 bits per heavy atom. The summed E-state index contributed by atoms with van der Waals surface area (Å²) >= 11 is 5.81. The third-order valence-electron chi connectivity index (χ3n) is 3.70. The SMILES string of the molecule is O=[N+]([O-])c1cc(NCc2ccccc2C2CC2)ccc1Cl. The van der Waals surface area contributed by atoms with Gasteiger partial charge in [-0.05, 0) is 42.0 Å². The average Bonchev–Trinajstić information content (AvgIpc) is 3.31. The topological polar surface area (TPSA) is 55.2 Å². The zero-order valence-electron chi connectivity index (χ0n) is 11.4. The van der Waals surface area contributed by atoms with E-state index in [1.165, 1.54) is 30.0 Å². The van der Waals surface area contributed by atoms with Crippen LogP contribution in [0.5, 0.6) is 0 Å². The molecule has 1 aliphatic carbocycles. The lowest BCUT2D eigenvalue weighted by Crippen LogP contribution is -2.03. The van der Waals surface area contributed by atoms with Crippen molar-refractivity contribution in [3.63, 3.8) is 0 Å². The van der Waals surface area contributed by atoms with Crippen molar-refractivity contribution in [1.29, 1.82) is 0 Å². The molecule has 21 heavy (non-hydrogen) atoms. The predicted molar refractivity (Wildman–Crippen MR) is 83.9 cm³/mol. The molecule has 0 saturated heterocycles. The first-order valence-corrected chi connectivity index (χ1v) is 7.28. The van der Waals surface area contributed by atoms with Gasteiger partial charge in [-0.25, -0.2) is 0 Å². The first kappa shape index (κ1) is 13.9. The Hall–Kier alpha value is -2.07. The molecule has 0 heterocycles. The Bertz CT molecular complexity index is 684. The number of rotatable bonds is 5. The lowest BCUT2D eigenvalue weighted by Gasteiger charge is -2.11. The molecule has 108 valence electrons. The quantitative estimate of drug-likeness (QED) is 0.641. The van der Waals surface area contributed by atoms with Crippen molar-refractivity contribution >= 4 is 23.0 Å². The second-order valence-corrected chi connectivity index (χ2v) is 5.66. The van der Waals surface area contributed by atoms with Crippen molar-refractivity contribution in [2.24, 2.45) is 0 Å². The lowest BCUT2D eigenvalue weighted by molar-refractivity contribution is -0.384. The molecule has 0 unspecified atom stereocenters. The standard InChI is InChI=1S/C16H15ClN2O2/c17-15-8-7-13(9-16(15)19(20)21)18-10-12-3-1-2-4-14(12)11-5-6-11/h1-4,7-9,11,18H,5-6,10H2. The number of anilines is 1. The van der Waals surface area contributed by atoms with E-state index in [2.05, 4.69) is 23.5 Å². The molecule has 4 nitrogen and oxygen atoms in total. The minimum atomic E-state index is -0.467. The number of hydrogen-bond acceptors (Lipinski definition) is 3. The van der Waals surface area contributed by atoms with Gasteiger partial charge < -0.3 is 5.32 Å². The molecule has 0 atom stereocenters. The highest BCUT2D eigenvalue weighted by atomic mass is 35.5. The first-order valence-electron chi connectivity index (χ1n) is 6.91. The molecule has 0 aromatic heterocycles. The van der Waals surface area contributed by atoms with Crippen molar-refractivity contribution in [1.82, 2.24) is 0 Å². The normalized spacial score (nSPS) is 14.0. The molecule has 2 aromatic rings. The zero-order chi connectivity index (χ0) is 14.8. The second-order valence-electron chi connectivity index (χ2n) is 5.25. The predicted octanol–water partition coefficient (Wildman–Crippen LogP) is 4.74. The van der Waals surface area contributed by atoms with Crippen LogP contribution in [0.2, 0.25) is 5.02 Å². The lowest BCUT2D eigenvalue weighted by atomic mass is 10.0. The number of benzene rings is 2. The Kier molecular flexibility index (Phi) is 3.80. The van der Waals surface area contributed by atoms with Crippen LogP contribution in [0.4, 0.5) is 11.4 Å². The van der Waals surface area contributed by atoms with Crippen molar-refractivity contribution in [3.8, 4) is 0 Å². The Balaban J connectivity index is 1.76. The molecule has 5 heteroatoms. The van der Waals surface area contributed by atoms with Gasteiger partial charge in [0.15, 0.2) is 0 Å². The van der Waals surface area contributed by atoms with Gasteiger partial charge in [-0.15, -0.1) is 0 Å². The monoisotopic (exact) mass is 302 g/mol. The number of nitro groups is 1. The van der Waals surface area contributed by atoms with E-state index in [9.17, 15) is 10.1 Å². The van der Waals surface area contributed by atoms with Crippen LogP contribution < -0.4 is 5.32 Å². The van der Waals surface area contributed by atoms with Crippen LogP contribution >= 0.6 is 11.6 Å². The minimum Gasteiger partial charge on any atom is -0.381 e. The smallest absolute Gasteiger partial charge is 0.289 e. The van der Waals surface area contributed by atoms with Crippen LogP contribution in [-0.2, 0) is 6.54 Å². The van der Waals surface area contributed by atoms with E-state index >= 15 is 0 Å². The molecule has 0 bridgehead atoms. The fraction of sp³-hybridized carbons (Fsp3) is 0.250. The van der Waals surface area contributed by atoms with Crippen LogP contribution in [0.25, 0.3) is 0 Å². The van der Waals surface area contributed by atoms with Crippen molar-refractivity contribution in [2.75, 3.05) is 5.32 Å². The zero-order valence-corrected chi connectivity index (χ0v) is 12.1. The summed E-state index contributed by atoms with van der Waals surface area (Å²) in [5.74, 6) is 0.683. The van der Waals surface area contributed by atoms with Crippen molar-refractivity contribution in [2.45, 2.75) is 25.3 Å². The third kappa shape index (κ3) is 3.16. The Morgan fingerprint density at radius 2 is 2.00 bits per heavy atom. The molecular weight excluding hydrogens is 288 g/mol. The molecule has 1 N–H and O–H groups in total. The van der Waals surface area contributed by atoms with E-state index in [1.807, 2.05) is 6.07 Å². The van der Waals surface area contributed by atoms with E-state index in [0.29, 0.717) is 18.2 Å². The van der Waals surface area contributed by atoms with Gasteiger partial charge in [0.05, 0.1) is 4.92 Å². The van der Waals surface area contributed by atoms with Crippen molar-refractivity contribution in [3.05, 3.63) is 68.7 Å². The summed E-state index contributed by atoms with van der Waals surface area (Å²) in [6.45, 7) is 0.658. The highest BCUT2D eigenvalue weighted by molar-refractivity contribution is 6.32. The fourth-order valence-electron chi connectivity index (χ4n) is 2.45. The second kappa shape index (κ2) is 5.74. The molecular formula is C16H15ClN2O2. The van der Waals surface area contributed by atoms with Crippen molar-refractivity contribution < 1.29 is 4.92 Å². The Morgan fingerprint density at radius 3 is 2.71 bits per heavy atom. The number of nitrogens with one attached hydrogen (secondary N) is 1. The van der Waals surface area contributed by atoms with E-state index in [1.54, 1.807) is 12.1 Å². The number of halogens is 1. The summed E-state index contributed by atoms with van der Waals surface area (Å²) in [6.07, 6.45) is 2.51. The van der Waals surface area contributed by atoms with Gasteiger partial charge in [-0.2, -0.15) is 0 Å². The summed E-state index contributed by atoms with van der Waals surface area (Å²) in [5.41, 5.74) is 3.26. The largest absolute Gasteiger partial charge is 0.381 e. The number of nitrogens with zero attached hydrogens (tertiary/aromatic N) is 1. The molecule has 1 saturated carbocycles. The summed E-state index contributed by atoms with van der Waals surface area (Å²) in [6, 6.07) is 13.1. The molecule has 1 aliphatic rings. The van der Waals surface area contributed by atoms with E-state index in [-0.39, 0.29) is 10.7 Å². The first-order chi connectivity index (χ1) is 10.1. The van der Waals surface area contributed by atoms with Crippen LogP contribution in [0.15, 0.2) is 42.5 Å². The molecule has 1 fully saturated rings. The summed E-state index contributed by atoms with van der Waals surface area (Å²) < 4.78 is 0. The summed E-state index contributed by atoms with van der Waals surface area (Å²) in [4.78, 5) is 10.4. The van der Waals surface area contributed by atoms with E-state index in [0.717, 1.165) is 0 Å². The van der Waals surface area contributed by atoms with Gasteiger partial charge in [-0.3, -0.25) is 10.1 Å². The maximum absolute atomic E-state index is 10.9. The molecule has 3 rings (SSSR count). The van der Waals surface area contributed by atoms with Crippen LogP contribution in [0, 0.1) is 10.1 Å². The maximum Gasteiger partial charge on any atom is 0.289 e. The molecule has 0 spiro atoms. The van der Waals surface area contributed by atoms with E-state index in [4.69, 9.17) is 11.6 Å². The van der Waals surface area contributed by atoms with Crippen LogP contribution in [0.1, 0.15) is 29.9 Å². The van der Waals surface area contributed by atoms with Gasteiger partial charge >= 0.3 is 0 Å². The number of hydrogen-bond donors (Lipinski definition) is 1. The van der Waals surface area contributed by atoms with Gasteiger partial charge in [0.25, 0.3) is 5.69 Å². The van der Waals surface area contributed by atoms with E-state index < -0.39 is 4.92 Å². The maximum atomic E-state index is 10.9. The summed E-state index contributed by atoms with van der Waals surface area (Å²) in [5, 5.41) is 14.3. The van der Waals surface area contributed by atoms with Crippen LogP contribution in [0.3, 0.4) is 0 Å². The molecule has 0 radical (unpaired) electrons. The number of nitro benzene ring substituents is 1. The van der Waals surface area contributed by atoms with Gasteiger partial charge in [0, 0.05) is 18.3 Å². The third-order valence-corrected chi connectivity index (χ3v) is 4.02. The average molecular weight is 303 g/mol. The molecule has 0 aliphatic heterocycles. The molecule has 0 amide bonds. The fourth-order valence-corrected chi connectivity index (χ4v) is 2.63. The highest BCUT2D eigenvalue weighted by Crippen LogP contribution is 2.41. The minimum absolute atomic E-state index is 0.0721. The van der Waals surface area contributed by atoms with Crippen LogP contribution in [-0.4, -0.2) is 4.92 Å². The molecule has 2 aromatic carbocycles. The highest BCUT2D eigenvalue weighted by Gasteiger charge is 2.25. The van der Waals surface area contributed by atoms with Gasteiger partial charge in [0.2, 0.25) is 0 Å². The summed E-state index contributed by atoms with van der Waals surface area (Å²) in [7, 11) is 0. The Labute approximate surface area is 127 Å².